The average Bonchev–Trinajstić information content (AvgIpc) is 2.38. The van der Waals surface area contributed by atoms with Crippen LogP contribution in [0.2, 0.25) is 0 Å². The van der Waals surface area contributed by atoms with Crippen molar-refractivity contribution < 1.29 is 17.9 Å². The van der Waals surface area contributed by atoms with Crippen LogP contribution in [0.3, 0.4) is 0 Å². The molecule has 5 N–H and O–H groups in total. The Bertz CT molecular complexity index is 586. The fourth-order valence-electron chi connectivity index (χ4n) is 1.19. The first kappa shape index (κ1) is 16.4. The number of nitrogens with zero attached hydrogens (tertiary/aromatic N) is 1. The molecule has 10 heteroatoms. The van der Waals surface area contributed by atoms with Crippen molar-refractivity contribution in [3.05, 3.63) is 24.0 Å². The van der Waals surface area contributed by atoms with Crippen LogP contribution in [0, 0.1) is 0 Å². The number of rotatable bonds is 8. The van der Waals surface area contributed by atoms with Gasteiger partial charge in [-0.1, -0.05) is 12.2 Å². The summed E-state index contributed by atoms with van der Waals surface area (Å²) in [7, 11) is -3.70. The summed E-state index contributed by atoms with van der Waals surface area (Å²) in [6, 6.07) is 2.76. The molecule has 0 spiro atoms. The lowest BCUT2D eigenvalue weighted by molar-refractivity contribution is -0.122. The van der Waals surface area contributed by atoms with Crippen LogP contribution in [-0.4, -0.2) is 44.1 Å². The summed E-state index contributed by atoms with van der Waals surface area (Å²) in [6.07, 6.45) is 1.15. The summed E-state index contributed by atoms with van der Waals surface area (Å²) in [5, 5.41) is 0. The molecule has 0 bridgehead atoms. The monoisotopic (exact) mass is 318 g/mol. The zero-order valence-electron chi connectivity index (χ0n) is 10.4. The highest BCUT2D eigenvalue weighted by Gasteiger charge is 2.14. The molecule has 0 aliphatic heterocycles. The minimum atomic E-state index is -3.70. The lowest BCUT2D eigenvalue weighted by Crippen LogP contribution is -2.29. The van der Waals surface area contributed by atoms with E-state index in [0.717, 1.165) is 6.20 Å². The van der Waals surface area contributed by atoms with Gasteiger partial charge in [0.1, 0.15) is 16.5 Å². The Morgan fingerprint density at radius 1 is 1.40 bits per heavy atom. The number of hydrogen-bond acceptors (Lipinski definition) is 6. The third-order valence-electron chi connectivity index (χ3n) is 2.08. The van der Waals surface area contributed by atoms with E-state index in [0.29, 0.717) is 5.69 Å². The quantitative estimate of drug-likeness (QED) is 0.391. The normalized spacial score (nSPS) is 11.2. The number of amides is 1. The summed E-state index contributed by atoms with van der Waals surface area (Å²) in [4.78, 5) is 14.3. The average molecular weight is 318 g/mol. The van der Waals surface area contributed by atoms with Crippen LogP contribution in [0.4, 0.5) is 0 Å². The second kappa shape index (κ2) is 7.24. The van der Waals surface area contributed by atoms with Gasteiger partial charge in [-0.15, -0.1) is 0 Å². The summed E-state index contributed by atoms with van der Waals surface area (Å²) < 4.78 is 30.8. The SMILES string of the molecule is NC(=O)COCCNS(=O)(=O)c1ccc(C(N)=S)nc1. The van der Waals surface area contributed by atoms with Crippen molar-refractivity contribution >= 4 is 33.1 Å². The summed E-state index contributed by atoms with van der Waals surface area (Å²) in [6.45, 7) is -0.223. The van der Waals surface area contributed by atoms with Crippen LogP contribution in [-0.2, 0) is 19.6 Å². The minimum absolute atomic E-state index is 0.00661. The number of aromatic nitrogens is 1. The van der Waals surface area contributed by atoms with Gasteiger partial charge in [0.05, 0.1) is 12.3 Å². The molecular weight excluding hydrogens is 304 g/mol. The van der Waals surface area contributed by atoms with E-state index < -0.39 is 15.9 Å². The number of nitrogens with two attached hydrogens (primary N) is 2. The largest absolute Gasteiger partial charge is 0.388 e. The molecule has 0 radical (unpaired) electrons. The van der Waals surface area contributed by atoms with Gasteiger partial charge in [0.2, 0.25) is 15.9 Å². The van der Waals surface area contributed by atoms with Crippen LogP contribution >= 0.6 is 12.2 Å². The summed E-state index contributed by atoms with van der Waals surface area (Å²) in [5.74, 6) is -0.620. The van der Waals surface area contributed by atoms with Crippen LogP contribution in [0.15, 0.2) is 23.2 Å². The molecule has 0 saturated heterocycles. The topological polar surface area (TPSA) is 137 Å². The maximum absolute atomic E-state index is 11.8. The zero-order chi connectivity index (χ0) is 15.2. The molecular formula is C10H14N4O4S2. The Hall–Kier alpha value is -1.62. The first-order valence-electron chi connectivity index (χ1n) is 5.44. The van der Waals surface area contributed by atoms with Crippen molar-refractivity contribution in [1.29, 1.82) is 0 Å². The van der Waals surface area contributed by atoms with Gasteiger partial charge in [0.25, 0.3) is 0 Å². The van der Waals surface area contributed by atoms with Gasteiger partial charge >= 0.3 is 0 Å². The third-order valence-corrected chi connectivity index (χ3v) is 3.74. The van der Waals surface area contributed by atoms with Crippen molar-refractivity contribution in [3.8, 4) is 0 Å². The lowest BCUT2D eigenvalue weighted by Gasteiger charge is -2.07. The molecule has 1 amide bonds. The molecule has 0 unspecified atom stereocenters. The Kier molecular flexibility index (Phi) is 5.95. The molecule has 1 aromatic heterocycles. The van der Waals surface area contributed by atoms with Gasteiger partial charge in [0.15, 0.2) is 0 Å². The maximum Gasteiger partial charge on any atom is 0.243 e. The molecule has 0 fully saturated rings. The maximum atomic E-state index is 11.8. The molecule has 0 atom stereocenters. The van der Waals surface area contributed by atoms with Crippen molar-refractivity contribution in [2.75, 3.05) is 19.8 Å². The fraction of sp³-hybridized carbons (Fsp3) is 0.300. The first-order chi connectivity index (χ1) is 9.33. The molecule has 1 aromatic rings. The summed E-state index contributed by atoms with van der Waals surface area (Å²) >= 11 is 4.71. The van der Waals surface area contributed by atoms with Crippen LogP contribution in [0.5, 0.6) is 0 Å². The predicted octanol–water partition coefficient (Wildman–Crippen LogP) is -1.50. The second-order valence-corrected chi connectivity index (χ2v) is 5.87. The van der Waals surface area contributed by atoms with Crippen LogP contribution < -0.4 is 16.2 Å². The van der Waals surface area contributed by atoms with E-state index in [1.807, 2.05) is 0 Å². The third kappa shape index (κ3) is 5.17. The number of pyridine rings is 1. The number of carbonyl (C=O) groups is 1. The number of nitrogens with one attached hydrogen (secondary N) is 1. The van der Waals surface area contributed by atoms with Gasteiger partial charge in [-0.3, -0.25) is 9.78 Å². The predicted molar refractivity (Wildman–Crippen MR) is 75.3 cm³/mol. The van der Waals surface area contributed by atoms with E-state index in [-0.39, 0.29) is 29.6 Å². The number of ether oxygens (including phenoxy) is 1. The van der Waals surface area contributed by atoms with Crippen molar-refractivity contribution in [2.45, 2.75) is 4.90 Å². The Morgan fingerprint density at radius 3 is 2.60 bits per heavy atom. The highest BCUT2D eigenvalue weighted by atomic mass is 32.2. The van der Waals surface area contributed by atoms with E-state index in [4.69, 9.17) is 28.4 Å². The molecule has 1 rings (SSSR count). The second-order valence-electron chi connectivity index (χ2n) is 3.66. The van der Waals surface area contributed by atoms with E-state index >= 15 is 0 Å². The molecule has 0 saturated carbocycles. The number of thiocarbonyl (C=S) groups is 1. The Balaban J connectivity index is 2.56. The first-order valence-corrected chi connectivity index (χ1v) is 7.33. The molecule has 0 aliphatic carbocycles. The molecule has 110 valence electrons. The van der Waals surface area contributed by atoms with Gasteiger partial charge < -0.3 is 16.2 Å². The molecule has 1 heterocycles. The number of carbonyl (C=O) groups excluding carboxylic acids is 1. The molecule has 20 heavy (non-hydrogen) atoms. The molecule has 0 aromatic carbocycles. The van der Waals surface area contributed by atoms with Crippen LogP contribution in [0.25, 0.3) is 0 Å². The van der Waals surface area contributed by atoms with Crippen molar-refractivity contribution in [2.24, 2.45) is 11.5 Å². The Labute approximate surface area is 121 Å². The fourth-order valence-corrected chi connectivity index (χ4v) is 2.27. The van der Waals surface area contributed by atoms with Gasteiger partial charge in [-0.05, 0) is 12.1 Å². The van der Waals surface area contributed by atoms with Gasteiger partial charge in [0, 0.05) is 12.7 Å². The molecule has 8 nitrogen and oxygen atoms in total. The summed E-state index contributed by atoms with van der Waals surface area (Å²) in [5.41, 5.74) is 10.6. The van der Waals surface area contributed by atoms with Crippen LogP contribution in [0.1, 0.15) is 5.69 Å². The van der Waals surface area contributed by atoms with E-state index in [1.165, 1.54) is 12.1 Å². The van der Waals surface area contributed by atoms with Crippen molar-refractivity contribution in [3.63, 3.8) is 0 Å². The van der Waals surface area contributed by atoms with E-state index in [2.05, 4.69) is 9.71 Å². The van der Waals surface area contributed by atoms with E-state index in [9.17, 15) is 13.2 Å². The van der Waals surface area contributed by atoms with Gasteiger partial charge in [-0.25, -0.2) is 13.1 Å². The Morgan fingerprint density at radius 2 is 2.10 bits per heavy atom. The van der Waals surface area contributed by atoms with E-state index in [1.54, 1.807) is 0 Å². The van der Waals surface area contributed by atoms with Gasteiger partial charge in [-0.2, -0.15) is 0 Å². The highest BCUT2D eigenvalue weighted by molar-refractivity contribution is 7.89. The highest BCUT2D eigenvalue weighted by Crippen LogP contribution is 2.07. The number of primary amides is 1. The lowest BCUT2D eigenvalue weighted by atomic mass is 10.3. The minimum Gasteiger partial charge on any atom is -0.388 e. The zero-order valence-corrected chi connectivity index (χ0v) is 12.0. The standard InChI is InChI=1S/C10H14N4O4S2/c11-9(15)6-18-4-3-14-20(16,17)7-1-2-8(10(12)19)13-5-7/h1-2,5,14H,3-4,6H2,(H2,11,15)(H2,12,19). The van der Waals surface area contributed by atoms with Crippen molar-refractivity contribution in [1.82, 2.24) is 9.71 Å². The smallest absolute Gasteiger partial charge is 0.243 e. The number of sulfonamides is 1. The number of hydrogen-bond donors (Lipinski definition) is 3. The molecule has 0 aliphatic rings.